The quantitative estimate of drug-likeness (QED) is 0.0243. The molecule has 17 unspecified atom stereocenters. The fraction of sp³-hybridized carbons (Fsp3) is 0.667. The molecular formula is C69H98N4O38. The van der Waals surface area contributed by atoms with E-state index in [-0.39, 0.29) is 56.2 Å². The van der Waals surface area contributed by atoms with Crippen molar-refractivity contribution in [3.05, 3.63) is 72.3 Å². The second-order valence-corrected chi connectivity index (χ2v) is 27.0. The molecule has 6 fully saturated rings. The van der Waals surface area contributed by atoms with E-state index in [2.05, 4.69) is 21.3 Å². The SMILES string of the molecule is CC(=O)NC1C(O)[C@H](O[C@@H]2OC(CO)[C@H](O)C(O[C@H]3OC(CO)[C@H](O)C(O)C3O)C2O)C(CO)O[C@H]1OCCCNC(=O)COc1cc(OCC(=O)NCCCO[C@@H]2OC(CO)[C@@H](O[C@@H]3OC(CO)[C@H](O)C(O[C@H]4OC(CO)[C@H](O)C(O)[C@H]4O)C3O)C(O)C2NC(C)=O)cc(-c2cccc(-c3cccc(C(=O)O)c3)c2)c1. The lowest BCUT2D eigenvalue weighted by Gasteiger charge is -2.48. The largest absolute Gasteiger partial charge is 0.484 e. The van der Waals surface area contributed by atoms with Crippen LogP contribution in [0.4, 0.5) is 0 Å². The Morgan fingerprint density at radius 1 is 0.369 bits per heavy atom. The summed E-state index contributed by atoms with van der Waals surface area (Å²) in [5.41, 5.74) is 2.27. The Morgan fingerprint density at radius 3 is 1.09 bits per heavy atom. The van der Waals surface area contributed by atoms with E-state index in [1.165, 1.54) is 18.2 Å². The molecular weight excluding hydrogens is 1490 g/mol. The van der Waals surface area contributed by atoms with Crippen LogP contribution in [0.25, 0.3) is 22.3 Å². The van der Waals surface area contributed by atoms with Crippen LogP contribution < -0.4 is 30.7 Å². The molecule has 3 aromatic carbocycles. The highest BCUT2D eigenvalue weighted by atomic mass is 16.8. The first-order valence-corrected chi connectivity index (χ1v) is 35.6. The van der Waals surface area contributed by atoms with Crippen molar-refractivity contribution in [2.45, 2.75) is 211 Å². The highest BCUT2D eigenvalue weighted by Crippen LogP contribution is 2.38. The predicted molar refractivity (Wildman–Crippen MR) is 364 cm³/mol. The third-order valence-corrected chi connectivity index (χ3v) is 19.1. The van der Waals surface area contributed by atoms with Gasteiger partial charge in [-0.3, -0.25) is 19.2 Å². The normalized spacial score (nSPS) is 36.5. The van der Waals surface area contributed by atoms with Crippen LogP contribution in [-0.4, -0.2) is 390 Å². The lowest BCUT2D eigenvalue weighted by Crippen LogP contribution is -2.68. The number of carboxylic acids is 1. The molecule has 23 N–H and O–H groups in total. The van der Waals surface area contributed by atoms with Crippen molar-refractivity contribution >= 4 is 29.6 Å². The Balaban J connectivity index is 0.780. The summed E-state index contributed by atoms with van der Waals surface area (Å²) in [6, 6.07) is 14.9. The molecule has 0 spiro atoms. The molecule has 0 radical (unpaired) electrons. The number of amides is 4. The van der Waals surface area contributed by atoms with Gasteiger partial charge in [-0.1, -0.05) is 30.3 Å². The number of hydrogen-bond acceptors (Lipinski definition) is 37. The van der Waals surface area contributed by atoms with E-state index in [1.54, 1.807) is 48.5 Å². The van der Waals surface area contributed by atoms with Crippen molar-refractivity contribution < 1.29 is 187 Å². The lowest BCUT2D eigenvalue weighted by atomic mass is 9.95. The van der Waals surface area contributed by atoms with Crippen LogP contribution in [0.15, 0.2) is 66.7 Å². The predicted octanol–water partition coefficient (Wildman–Crippen LogP) is -10.3. The van der Waals surface area contributed by atoms with Crippen LogP contribution in [0.5, 0.6) is 11.5 Å². The Morgan fingerprint density at radius 2 is 0.712 bits per heavy atom. The van der Waals surface area contributed by atoms with Gasteiger partial charge < -0.3 is 185 Å². The molecule has 0 bridgehead atoms. The van der Waals surface area contributed by atoms with Gasteiger partial charge in [-0.25, -0.2) is 4.79 Å². The van der Waals surface area contributed by atoms with Gasteiger partial charge in [0.05, 0.1) is 58.4 Å². The molecule has 6 aliphatic heterocycles. The van der Waals surface area contributed by atoms with Gasteiger partial charge in [0.25, 0.3) is 11.8 Å². The number of nitrogens with one attached hydrogen (secondary N) is 4. The molecule has 4 amide bonds. The van der Waals surface area contributed by atoms with Gasteiger partial charge in [0.1, 0.15) is 158 Å². The number of benzene rings is 3. The van der Waals surface area contributed by atoms with E-state index in [1.807, 2.05) is 0 Å². The minimum absolute atomic E-state index is 0.0415. The van der Waals surface area contributed by atoms with Crippen LogP contribution in [0.2, 0.25) is 0 Å². The van der Waals surface area contributed by atoms with Crippen LogP contribution in [0.3, 0.4) is 0 Å². The molecule has 30 atom stereocenters. The minimum Gasteiger partial charge on any atom is -0.484 e. The summed E-state index contributed by atoms with van der Waals surface area (Å²) in [7, 11) is 0. The first-order valence-electron chi connectivity index (χ1n) is 35.6. The minimum atomic E-state index is -2.05. The van der Waals surface area contributed by atoms with Gasteiger partial charge in [0.2, 0.25) is 11.8 Å². The van der Waals surface area contributed by atoms with Gasteiger partial charge >= 0.3 is 5.97 Å². The van der Waals surface area contributed by atoms with Crippen molar-refractivity contribution in [2.24, 2.45) is 0 Å². The maximum absolute atomic E-state index is 13.4. The highest BCUT2D eigenvalue weighted by molar-refractivity contribution is 5.89. The molecule has 111 heavy (non-hydrogen) atoms. The Kier molecular flexibility index (Phi) is 32.7. The Hall–Kier alpha value is -6.59. The third kappa shape index (κ3) is 22.1. The lowest BCUT2D eigenvalue weighted by molar-refractivity contribution is -0.376. The summed E-state index contributed by atoms with van der Waals surface area (Å²) in [6.07, 6.45) is -49.3. The van der Waals surface area contributed by atoms with Crippen molar-refractivity contribution in [2.75, 3.05) is 79.2 Å². The zero-order chi connectivity index (χ0) is 80.7. The number of carbonyl (C=O) groups excluding carboxylic acids is 4. The highest BCUT2D eigenvalue weighted by Gasteiger charge is 2.57. The molecule has 9 rings (SSSR count). The van der Waals surface area contributed by atoms with Gasteiger partial charge in [-0.2, -0.15) is 0 Å². The van der Waals surface area contributed by atoms with Gasteiger partial charge in [0.15, 0.2) is 51.0 Å². The number of ether oxygens (including phenoxy) is 14. The van der Waals surface area contributed by atoms with Gasteiger partial charge in [0, 0.05) is 33.0 Å². The third-order valence-electron chi connectivity index (χ3n) is 19.1. The maximum atomic E-state index is 13.4. The van der Waals surface area contributed by atoms with Crippen molar-refractivity contribution in [1.29, 1.82) is 0 Å². The van der Waals surface area contributed by atoms with Crippen LogP contribution in [-0.2, 0) is 76.0 Å². The van der Waals surface area contributed by atoms with Gasteiger partial charge in [-0.05, 0) is 65.4 Å². The first-order chi connectivity index (χ1) is 53.0. The molecule has 0 saturated carbocycles. The zero-order valence-corrected chi connectivity index (χ0v) is 59.8. The topological polar surface area (TPSA) is 647 Å². The smallest absolute Gasteiger partial charge is 0.335 e. The molecule has 3 aromatic rings. The molecule has 42 nitrogen and oxygen atoms in total. The number of aliphatic hydroxyl groups excluding tert-OH is 18. The van der Waals surface area contributed by atoms with E-state index in [4.69, 9.17) is 66.3 Å². The van der Waals surface area contributed by atoms with Crippen LogP contribution in [0.1, 0.15) is 37.0 Å². The van der Waals surface area contributed by atoms with E-state index in [9.17, 15) is 121 Å². The summed E-state index contributed by atoms with van der Waals surface area (Å²) in [5, 5.41) is 211. The molecule has 0 aromatic heterocycles. The number of hydrogen-bond donors (Lipinski definition) is 23. The maximum Gasteiger partial charge on any atom is 0.335 e. The van der Waals surface area contributed by atoms with E-state index in [0.717, 1.165) is 13.8 Å². The van der Waals surface area contributed by atoms with Crippen LogP contribution in [0, 0.1) is 0 Å². The summed E-state index contributed by atoms with van der Waals surface area (Å²) in [4.78, 5) is 63.6. The summed E-state index contributed by atoms with van der Waals surface area (Å²) >= 11 is 0. The fourth-order valence-electron chi connectivity index (χ4n) is 13.2. The molecule has 6 aliphatic rings. The van der Waals surface area contributed by atoms with Gasteiger partial charge in [-0.15, -0.1) is 0 Å². The Labute approximate surface area is 632 Å². The second kappa shape index (κ2) is 41.1. The van der Waals surface area contributed by atoms with Crippen molar-refractivity contribution in [1.82, 2.24) is 21.3 Å². The molecule has 622 valence electrons. The summed E-state index contributed by atoms with van der Waals surface area (Å²) in [6.45, 7) is -4.70. The van der Waals surface area contributed by atoms with Crippen molar-refractivity contribution in [3.8, 4) is 33.8 Å². The number of carbonyl (C=O) groups is 5. The molecule has 6 saturated heterocycles. The standard InChI is InChI=1S/C69H98N4O38/c1-28(80)72-45-51(88)59(108-68-57(94)61(49(86)39(22-76)104-68)110-66-55(92)53(90)47(84)37(20-74)102-66)41(24-78)106-64(45)98-13-5-11-70-43(82)26-100-35-17-34(32-9-3-7-30(15-32)31-8-4-10-33(16-31)63(96)97)18-36(19-35)101-27-44(83)71-12-6-14-99-65-46(73-29(2)81)52(89)60(42(25-79)107-65)109-69-58(95)62(50(87)40(23-77)105-69)111-67-56(93)54(91)48(85)38(21-75)103-67/h3-4,7-10,15-19,37-42,45-62,64-69,74-79,84-95H,5-6,11-14,20-27H2,1-2H3,(H,70,82)(H,71,83)(H,72,80)(H,73,81)(H,96,97)/t37?,38?,39?,40?,41?,42?,45?,46?,47-,48-,49-,50-,51?,52?,53?,54?,55+,56?,57?,58?,59+,60+,61?,62?,64+,65+,66+,67+,68-,69-/m0/s1. The number of aliphatic hydroxyl groups is 18. The number of aromatic carboxylic acids is 1. The van der Waals surface area contributed by atoms with E-state index < -0.39 is 267 Å². The molecule has 6 heterocycles. The molecule has 0 aliphatic carbocycles. The second-order valence-electron chi connectivity index (χ2n) is 27.0. The van der Waals surface area contributed by atoms with E-state index >= 15 is 0 Å². The van der Waals surface area contributed by atoms with Crippen molar-refractivity contribution in [3.63, 3.8) is 0 Å². The molecule has 42 heteroatoms. The summed E-state index contributed by atoms with van der Waals surface area (Å²) < 4.78 is 80.7. The number of carboxylic acid groups (broad SMARTS) is 1. The summed E-state index contributed by atoms with van der Waals surface area (Å²) in [5.74, 6) is -3.61. The average Bonchev–Trinajstić information content (AvgIpc) is 0.782. The first kappa shape index (κ1) is 88.4. The monoisotopic (exact) mass is 1590 g/mol. The fourth-order valence-corrected chi connectivity index (χ4v) is 13.2. The Bertz CT molecular complexity index is 3310. The van der Waals surface area contributed by atoms with Crippen LogP contribution >= 0.6 is 0 Å². The average molecular weight is 1590 g/mol. The van der Waals surface area contributed by atoms with E-state index in [0.29, 0.717) is 22.3 Å². The zero-order valence-electron chi connectivity index (χ0n) is 59.8. The number of rotatable bonds is 35.